The van der Waals surface area contributed by atoms with Crippen LogP contribution in [0.25, 0.3) is 0 Å². The molecular weight excluding hydrogens is 472 g/mol. The van der Waals surface area contributed by atoms with Crippen LogP contribution in [0.3, 0.4) is 0 Å². The number of hydrogen-bond acceptors (Lipinski definition) is 2. The first-order chi connectivity index (χ1) is 17.2. The number of nitrogens with zero attached hydrogens (tertiary/aromatic N) is 3. The summed E-state index contributed by atoms with van der Waals surface area (Å²) in [5.41, 5.74) is 3.06. The third kappa shape index (κ3) is 7.89. The van der Waals surface area contributed by atoms with Gasteiger partial charge in [-0.25, -0.2) is 4.79 Å². The summed E-state index contributed by atoms with van der Waals surface area (Å²) in [6, 6.07) is 21.2. The zero-order valence-electron chi connectivity index (χ0n) is 21.7. The summed E-state index contributed by atoms with van der Waals surface area (Å²) >= 11 is 6.38. The maximum Gasteiger partial charge on any atom is 0.318 e. The molecule has 1 heterocycles. The standard InChI is InChI=1S/C29H37ClN4O2/c1-22(2)18-33(20-26-14-10-16-32(26)19-25-13-8-9-15-27(25)30)28(35)21-34(23(3)4)29(36)31-17-24-11-6-5-7-12-24/h5-16,22-23H,17-21H2,1-4H3,(H,31,36). The third-order valence-electron chi connectivity index (χ3n) is 5.99. The van der Waals surface area contributed by atoms with Crippen LogP contribution in [-0.4, -0.2) is 45.4 Å². The van der Waals surface area contributed by atoms with Gasteiger partial charge in [0.25, 0.3) is 0 Å². The molecule has 0 saturated carbocycles. The van der Waals surface area contributed by atoms with Gasteiger partial charge in [0.1, 0.15) is 6.54 Å². The van der Waals surface area contributed by atoms with Crippen molar-refractivity contribution in [2.45, 2.75) is 53.4 Å². The van der Waals surface area contributed by atoms with Gasteiger partial charge in [-0.1, -0.05) is 74.0 Å². The smallest absolute Gasteiger partial charge is 0.318 e. The Labute approximate surface area is 219 Å². The lowest BCUT2D eigenvalue weighted by Gasteiger charge is -2.31. The second-order valence-corrected chi connectivity index (χ2v) is 10.2. The van der Waals surface area contributed by atoms with E-state index in [1.165, 1.54) is 0 Å². The first-order valence-electron chi connectivity index (χ1n) is 12.5. The minimum Gasteiger partial charge on any atom is -0.345 e. The number of amides is 3. The molecule has 0 unspecified atom stereocenters. The monoisotopic (exact) mass is 508 g/mol. The van der Waals surface area contributed by atoms with Gasteiger partial charge in [0, 0.05) is 42.6 Å². The van der Waals surface area contributed by atoms with E-state index < -0.39 is 0 Å². The molecule has 3 rings (SSSR count). The number of hydrogen-bond donors (Lipinski definition) is 1. The Hall–Kier alpha value is -3.25. The fraction of sp³-hybridized carbons (Fsp3) is 0.379. The molecule has 36 heavy (non-hydrogen) atoms. The molecule has 0 aliphatic rings. The van der Waals surface area contributed by atoms with E-state index in [9.17, 15) is 9.59 Å². The number of aromatic nitrogens is 1. The molecule has 0 aliphatic heterocycles. The summed E-state index contributed by atoms with van der Waals surface area (Å²) in [4.78, 5) is 29.9. The summed E-state index contributed by atoms with van der Waals surface area (Å²) in [5.74, 6) is 0.220. The van der Waals surface area contributed by atoms with Gasteiger partial charge >= 0.3 is 6.03 Å². The van der Waals surface area contributed by atoms with E-state index in [1.807, 2.05) is 91.7 Å². The van der Waals surface area contributed by atoms with Crippen LogP contribution in [-0.2, 0) is 24.4 Å². The largest absolute Gasteiger partial charge is 0.345 e. The van der Waals surface area contributed by atoms with E-state index in [0.717, 1.165) is 21.8 Å². The molecule has 1 aromatic heterocycles. The normalized spacial score (nSPS) is 11.1. The van der Waals surface area contributed by atoms with Crippen LogP contribution in [0, 0.1) is 5.92 Å². The lowest BCUT2D eigenvalue weighted by Crippen LogP contribution is -2.49. The lowest BCUT2D eigenvalue weighted by molar-refractivity contribution is -0.133. The van der Waals surface area contributed by atoms with E-state index in [-0.39, 0.29) is 24.5 Å². The zero-order valence-corrected chi connectivity index (χ0v) is 22.4. The lowest BCUT2D eigenvalue weighted by atomic mass is 10.2. The van der Waals surface area contributed by atoms with Gasteiger partial charge in [-0.3, -0.25) is 4.79 Å². The Morgan fingerprint density at radius 3 is 2.31 bits per heavy atom. The highest BCUT2D eigenvalue weighted by Gasteiger charge is 2.24. The maximum atomic E-state index is 13.5. The quantitative estimate of drug-likeness (QED) is 0.356. The molecule has 0 fully saturated rings. The van der Waals surface area contributed by atoms with E-state index in [2.05, 4.69) is 23.7 Å². The Balaban J connectivity index is 1.70. The van der Waals surface area contributed by atoms with Gasteiger partial charge in [-0.05, 0) is 49.1 Å². The van der Waals surface area contributed by atoms with Crippen molar-refractivity contribution in [3.63, 3.8) is 0 Å². The molecule has 0 spiro atoms. The number of nitrogens with one attached hydrogen (secondary N) is 1. The number of carbonyl (C=O) groups is 2. The van der Waals surface area contributed by atoms with E-state index in [0.29, 0.717) is 32.1 Å². The molecule has 0 bridgehead atoms. The van der Waals surface area contributed by atoms with Gasteiger partial charge in [0.15, 0.2) is 0 Å². The van der Waals surface area contributed by atoms with Crippen molar-refractivity contribution in [3.05, 3.63) is 94.8 Å². The molecule has 3 amide bonds. The van der Waals surface area contributed by atoms with E-state index in [4.69, 9.17) is 11.6 Å². The Kier molecular flexibility index (Phi) is 10.00. The fourth-order valence-electron chi connectivity index (χ4n) is 4.06. The van der Waals surface area contributed by atoms with Gasteiger partial charge in [-0.2, -0.15) is 0 Å². The molecule has 192 valence electrons. The van der Waals surface area contributed by atoms with Crippen molar-refractivity contribution in [2.75, 3.05) is 13.1 Å². The summed E-state index contributed by atoms with van der Waals surface area (Å²) in [6.07, 6.45) is 2.01. The predicted molar refractivity (Wildman–Crippen MR) is 146 cm³/mol. The molecule has 1 N–H and O–H groups in total. The van der Waals surface area contributed by atoms with Crippen molar-refractivity contribution in [1.82, 2.24) is 19.7 Å². The van der Waals surface area contributed by atoms with Crippen LogP contribution in [0.4, 0.5) is 4.79 Å². The average molecular weight is 509 g/mol. The summed E-state index contributed by atoms with van der Waals surface area (Å²) in [6.45, 7) is 10.2. The Morgan fingerprint density at radius 1 is 0.944 bits per heavy atom. The first-order valence-corrected chi connectivity index (χ1v) is 12.9. The van der Waals surface area contributed by atoms with Crippen molar-refractivity contribution in [3.8, 4) is 0 Å². The summed E-state index contributed by atoms with van der Waals surface area (Å²) in [5, 5.41) is 3.68. The number of rotatable bonds is 11. The topological polar surface area (TPSA) is 57.6 Å². The second kappa shape index (κ2) is 13.2. The molecule has 2 aromatic carbocycles. The van der Waals surface area contributed by atoms with Crippen LogP contribution in [0.2, 0.25) is 5.02 Å². The van der Waals surface area contributed by atoms with Crippen LogP contribution in [0.15, 0.2) is 72.9 Å². The molecule has 0 saturated heterocycles. The van der Waals surface area contributed by atoms with Crippen LogP contribution in [0.1, 0.15) is 44.5 Å². The van der Waals surface area contributed by atoms with Crippen LogP contribution in [0.5, 0.6) is 0 Å². The minimum absolute atomic E-state index is 0.0240. The second-order valence-electron chi connectivity index (χ2n) is 9.75. The number of benzene rings is 2. The Bertz CT molecular complexity index is 1130. The zero-order chi connectivity index (χ0) is 26.1. The number of carbonyl (C=O) groups excluding carboxylic acids is 2. The first kappa shape index (κ1) is 27.3. The fourth-order valence-corrected chi connectivity index (χ4v) is 4.25. The van der Waals surface area contributed by atoms with Crippen molar-refractivity contribution in [2.24, 2.45) is 5.92 Å². The molecule has 0 atom stereocenters. The molecule has 6 nitrogen and oxygen atoms in total. The van der Waals surface area contributed by atoms with Crippen molar-refractivity contribution < 1.29 is 9.59 Å². The molecule has 0 radical (unpaired) electrons. The van der Waals surface area contributed by atoms with Gasteiger partial charge in [-0.15, -0.1) is 0 Å². The highest BCUT2D eigenvalue weighted by Crippen LogP contribution is 2.19. The molecule has 3 aromatic rings. The van der Waals surface area contributed by atoms with Crippen molar-refractivity contribution in [1.29, 1.82) is 0 Å². The van der Waals surface area contributed by atoms with Crippen molar-refractivity contribution >= 4 is 23.5 Å². The summed E-state index contributed by atoms with van der Waals surface area (Å²) in [7, 11) is 0. The van der Waals surface area contributed by atoms with Gasteiger partial charge in [0.2, 0.25) is 5.91 Å². The number of halogens is 1. The van der Waals surface area contributed by atoms with Crippen LogP contribution < -0.4 is 5.32 Å². The highest BCUT2D eigenvalue weighted by atomic mass is 35.5. The average Bonchev–Trinajstić information content (AvgIpc) is 3.28. The highest BCUT2D eigenvalue weighted by molar-refractivity contribution is 6.31. The van der Waals surface area contributed by atoms with Crippen LogP contribution >= 0.6 is 11.6 Å². The summed E-state index contributed by atoms with van der Waals surface area (Å²) < 4.78 is 2.12. The Morgan fingerprint density at radius 2 is 1.64 bits per heavy atom. The molecule has 7 heteroatoms. The maximum absolute atomic E-state index is 13.5. The molecule has 0 aliphatic carbocycles. The number of urea groups is 1. The van der Waals surface area contributed by atoms with E-state index >= 15 is 0 Å². The van der Waals surface area contributed by atoms with E-state index in [1.54, 1.807) is 4.90 Å². The predicted octanol–water partition coefficient (Wildman–Crippen LogP) is 5.79. The minimum atomic E-state index is -0.242. The van der Waals surface area contributed by atoms with Gasteiger partial charge in [0.05, 0.1) is 6.54 Å². The van der Waals surface area contributed by atoms with Gasteiger partial charge < -0.3 is 19.7 Å². The molecular formula is C29H37ClN4O2. The third-order valence-corrected chi connectivity index (χ3v) is 6.36. The SMILES string of the molecule is CC(C)CN(Cc1cccn1Cc1ccccc1Cl)C(=O)CN(C(=O)NCc1ccccc1)C(C)C.